The van der Waals surface area contributed by atoms with Crippen molar-refractivity contribution in [3.63, 3.8) is 0 Å². The quantitative estimate of drug-likeness (QED) is 0.843. The van der Waals surface area contributed by atoms with E-state index in [-0.39, 0.29) is 11.9 Å². The average molecular weight is 249 g/mol. The first-order chi connectivity index (χ1) is 8.60. The molecular weight excluding hydrogens is 226 g/mol. The Morgan fingerprint density at radius 1 is 1.39 bits per heavy atom. The van der Waals surface area contributed by atoms with Crippen molar-refractivity contribution in [2.75, 3.05) is 18.4 Å². The summed E-state index contributed by atoms with van der Waals surface area (Å²) in [5, 5.41) is 3.19. The van der Waals surface area contributed by atoms with E-state index < -0.39 is 0 Å². The van der Waals surface area contributed by atoms with Crippen molar-refractivity contribution >= 4 is 11.7 Å². The number of nitrogens with one attached hydrogen (secondary N) is 1. The molecule has 0 saturated heterocycles. The fraction of sp³-hybridized carbons (Fsp3) is 0.571. The molecule has 0 aliphatic heterocycles. The predicted molar refractivity (Wildman–Crippen MR) is 74.9 cm³/mol. The Bertz CT molecular complexity index is 390. The Hall–Kier alpha value is -1.58. The molecular formula is C14H23N3O. The van der Waals surface area contributed by atoms with Crippen LogP contribution >= 0.6 is 0 Å². The minimum absolute atomic E-state index is 0.00681. The molecule has 4 heteroatoms. The monoisotopic (exact) mass is 249 g/mol. The van der Waals surface area contributed by atoms with Gasteiger partial charge < -0.3 is 10.2 Å². The Labute approximate surface area is 109 Å². The van der Waals surface area contributed by atoms with E-state index in [4.69, 9.17) is 0 Å². The molecule has 0 radical (unpaired) electrons. The SMILES string of the molecule is CCCNc1cccc(C(=O)N(CC)C(C)C)n1. The Morgan fingerprint density at radius 2 is 2.11 bits per heavy atom. The van der Waals surface area contributed by atoms with E-state index in [0.29, 0.717) is 12.2 Å². The van der Waals surface area contributed by atoms with Crippen molar-refractivity contribution in [3.8, 4) is 0 Å². The van der Waals surface area contributed by atoms with E-state index in [9.17, 15) is 4.79 Å². The number of carbonyl (C=O) groups excluding carboxylic acids is 1. The molecule has 0 atom stereocenters. The number of aromatic nitrogens is 1. The minimum Gasteiger partial charge on any atom is -0.370 e. The Morgan fingerprint density at radius 3 is 2.67 bits per heavy atom. The molecule has 0 saturated carbocycles. The number of rotatable bonds is 6. The third-order valence-electron chi connectivity index (χ3n) is 2.75. The molecule has 18 heavy (non-hydrogen) atoms. The van der Waals surface area contributed by atoms with Gasteiger partial charge >= 0.3 is 0 Å². The van der Waals surface area contributed by atoms with Gasteiger partial charge in [-0.05, 0) is 39.3 Å². The zero-order chi connectivity index (χ0) is 13.5. The summed E-state index contributed by atoms with van der Waals surface area (Å²) in [5.41, 5.74) is 0.506. The number of carbonyl (C=O) groups is 1. The molecule has 1 aromatic rings. The molecule has 4 nitrogen and oxygen atoms in total. The highest BCUT2D eigenvalue weighted by Gasteiger charge is 2.18. The number of hydrogen-bond donors (Lipinski definition) is 1. The summed E-state index contributed by atoms with van der Waals surface area (Å²) >= 11 is 0. The second kappa shape index (κ2) is 6.99. The van der Waals surface area contributed by atoms with Gasteiger partial charge in [0, 0.05) is 19.1 Å². The molecule has 100 valence electrons. The average Bonchev–Trinajstić information content (AvgIpc) is 2.37. The van der Waals surface area contributed by atoms with Crippen LogP contribution in [0.15, 0.2) is 18.2 Å². The largest absolute Gasteiger partial charge is 0.370 e. The van der Waals surface area contributed by atoms with Crippen LogP contribution in [0, 0.1) is 0 Å². The minimum atomic E-state index is -0.00681. The van der Waals surface area contributed by atoms with Crippen LogP contribution in [0.3, 0.4) is 0 Å². The van der Waals surface area contributed by atoms with Gasteiger partial charge in [-0.15, -0.1) is 0 Å². The normalized spacial score (nSPS) is 10.5. The van der Waals surface area contributed by atoms with Gasteiger partial charge in [-0.3, -0.25) is 4.79 Å². The molecule has 1 amide bonds. The molecule has 1 heterocycles. The molecule has 0 aliphatic rings. The first kappa shape index (κ1) is 14.5. The highest BCUT2D eigenvalue weighted by Crippen LogP contribution is 2.09. The zero-order valence-electron chi connectivity index (χ0n) is 11.7. The molecule has 0 fully saturated rings. The maximum Gasteiger partial charge on any atom is 0.272 e. The maximum atomic E-state index is 12.3. The summed E-state index contributed by atoms with van der Waals surface area (Å²) in [5.74, 6) is 0.759. The molecule has 1 N–H and O–H groups in total. The third kappa shape index (κ3) is 3.72. The standard InChI is InChI=1S/C14H23N3O/c1-5-10-15-13-9-7-8-12(16-13)14(18)17(6-2)11(3)4/h7-9,11H,5-6,10H2,1-4H3,(H,15,16). The van der Waals surface area contributed by atoms with Gasteiger partial charge in [0.1, 0.15) is 11.5 Å². The van der Waals surface area contributed by atoms with Crippen molar-refractivity contribution in [3.05, 3.63) is 23.9 Å². The second-order valence-electron chi connectivity index (χ2n) is 4.52. The van der Waals surface area contributed by atoms with E-state index >= 15 is 0 Å². The Kier molecular flexibility index (Phi) is 5.62. The van der Waals surface area contributed by atoms with Gasteiger partial charge in [0.05, 0.1) is 0 Å². The van der Waals surface area contributed by atoms with Crippen LogP contribution in [0.5, 0.6) is 0 Å². The molecule has 0 aliphatic carbocycles. The Balaban J connectivity index is 2.85. The van der Waals surface area contributed by atoms with Crippen molar-refractivity contribution in [2.45, 2.75) is 40.2 Å². The molecule has 0 unspecified atom stereocenters. The van der Waals surface area contributed by atoms with E-state index in [2.05, 4.69) is 17.2 Å². The van der Waals surface area contributed by atoms with Gasteiger partial charge in [0.15, 0.2) is 0 Å². The fourth-order valence-corrected chi connectivity index (χ4v) is 1.80. The summed E-state index contributed by atoms with van der Waals surface area (Å²) in [7, 11) is 0. The van der Waals surface area contributed by atoms with Crippen molar-refractivity contribution in [2.24, 2.45) is 0 Å². The van der Waals surface area contributed by atoms with Crippen molar-refractivity contribution in [1.29, 1.82) is 0 Å². The molecule has 1 aromatic heterocycles. The summed E-state index contributed by atoms with van der Waals surface area (Å²) in [6.45, 7) is 9.68. The van der Waals surface area contributed by atoms with E-state index in [1.54, 1.807) is 6.07 Å². The first-order valence-corrected chi connectivity index (χ1v) is 6.62. The fourth-order valence-electron chi connectivity index (χ4n) is 1.80. The van der Waals surface area contributed by atoms with E-state index in [0.717, 1.165) is 18.8 Å². The van der Waals surface area contributed by atoms with Gasteiger partial charge in [0.2, 0.25) is 0 Å². The van der Waals surface area contributed by atoms with Gasteiger partial charge in [-0.2, -0.15) is 0 Å². The highest BCUT2D eigenvalue weighted by atomic mass is 16.2. The smallest absolute Gasteiger partial charge is 0.272 e. The van der Waals surface area contributed by atoms with Crippen molar-refractivity contribution in [1.82, 2.24) is 9.88 Å². The van der Waals surface area contributed by atoms with Crippen LogP contribution < -0.4 is 5.32 Å². The third-order valence-corrected chi connectivity index (χ3v) is 2.75. The number of anilines is 1. The van der Waals surface area contributed by atoms with Crippen LogP contribution in [0.2, 0.25) is 0 Å². The lowest BCUT2D eigenvalue weighted by Crippen LogP contribution is -2.37. The van der Waals surface area contributed by atoms with Gasteiger partial charge in [0.25, 0.3) is 5.91 Å². The number of nitrogens with zero attached hydrogens (tertiary/aromatic N) is 2. The van der Waals surface area contributed by atoms with Crippen molar-refractivity contribution < 1.29 is 4.79 Å². The van der Waals surface area contributed by atoms with Crippen LogP contribution in [-0.2, 0) is 0 Å². The van der Waals surface area contributed by atoms with Crippen LogP contribution in [-0.4, -0.2) is 34.9 Å². The summed E-state index contributed by atoms with van der Waals surface area (Å²) < 4.78 is 0. The molecule has 0 spiro atoms. The maximum absolute atomic E-state index is 12.3. The molecule has 1 rings (SSSR count). The molecule has 0 aromatic carbocycles. The highest BCUT2D eigenvalue weighted by molar-refractivity contribution is 5.92. The first-order valence-electron chi connectivity index (χ1n) is 6.62. The predicted octanol–water partition coefficient (Wildman–Crippen LogP) is 2.77. The summed E-state index contributed by atoms with van der Waals surface area (Å²) in [4.78, 5) is 18.4. The van der Waals surface area contributed by atoms with Crippen LogP contribution in [0.25, 0.3) is 0 Å². The van der Waals surface area contributed by atoms with Gasteiger partial charge in [-0.1, -0.05) is 13.0 Å². The number of amides is 1. The number of hydrogen-bond acceptors (Lipinski definition) is 3. The molecule has 0 bridgehead atoms. The van der Waals surface area contributed by atoms with Crippen LogP contribution in [0.4, 0.5) is 5.82 Å². The lowest BCUT2D eigenvalue weighted by molar-refractivity contribution is 0.0711. The topological polar surface area (TPSA) is 45.2 Å². The van der Waals surface area contributed by atoms with E-state index in [1.165, 1.54) is 0 Å². The summed E-state index contributed by atoms with van der Waals surface area (Å²) in [6.07, 6.45) is 1.03. The van der Waals surface area contributed by atoms with Crippen LogP contribution in [0.1, 0.15) is 44.6 Å². The zero-order valence-corrected chi connectivity index (χ0v) is 11.7. The van der Waals surface area contributed by atoms with Gasteiger partial charge in [-0.25, -0.2) is 4.98 Å². The lowest BCUT2D eigenvalue weighted by Gasteiger charge is -2.24. The summed E-state index contributed by atoms with van der Waals surface area (Å²) in [6, 6.07) is 5.71. The second-order valence-corrected chi connectivity index (χ2v) is 4.52. The van der Waals surface area contributed by atoms with E-state index in [1.807, 2.05) is 37.8 Å². The lowest BCUT2D eigenvalue weighted by atomic mass is 10.2. The number of pyridine rings is 1.